The van der Waals surface area contributed by atoms with Crippen molar-refractivity contribution in [3.63, 3.8) is 0 Å². The number of aliphatic hydroxyl groups excluding tert-OH is 1. The van der Waals surface area contributed by atoms with Gasteiger partial charge in [-0.3, -0.25) is 4.79 Å². The zero-order valence-corrected chi connectivity index (χ0v) is 6.64. The van der Waals surface area contributed by atoms with Gasteiger partial charge in [0, 0.05) is 0 Å². The van der Waals surface area contributed by atoms with E-state index in [0.29, 0.717) is 12.8 Å². The number of rotatable bonds is 1. The molecule has 0 unspecified atom stereocenters. The van der Waals surface area contributed by atoms with Crippen molar-refractivity contribution >= 4 is 5.78 Å². The molecular weight excluding hydrogens is 147 g/mol. The highest BCUT2D eigenvalue weighted by Gasteiger charge is 2.44. The predicted octanol–water partition coefficient (Wildman–Crippen LogP) is 1.22. The lowest BCUT2D eigenvalue weighted by molar-refractivity contribution is -0.140. The normalized spacial score (nSPS) is 38.6. The number of aliphatic hydroxyl groups is 1. The molecule has 0 bridgehead atoms. The van der Waals surface area contributed by atoms with Crippen LogP contribution in [0.25, 0.3) is 0 Å². The van der Waals surface area contributed by atoms with E-state index in [1.54, 1.807) is 0 Å². The molecule has 0 aromatic carbocycles. The van der Waals surface area contributed by atoms with Crippen LogP contribution >= 0.6 is 0 Å². The number of Topliss-reactive ketones (excluding diaryl/α,β-unsaturated/α-hetero) is 1. The van der Waals surface area contributed by atoms with E-state index in [0.717, 1.165) is 6.42 Å². The lowest BCUT2D eigenvalue weighted by atomic mass is 9.81. The Morgan fingerprint density at radius 1 is 1.64 bits per heavy atom. The molecule has 0 amide bonds. The average Bonchev–Trinajstić information content (AvgIpc) is 1.95. The third kappa shape index (κ3) is 1.43. The number of halogens is 1. The van der Waals surface area contributed by atoms with Crippen LogP contribution in [0.1, 0.15) is 32.6 Å². The zero-order valence-electron chi connectivity index (χ0n) is 6.64. The molecule has 0 aromatic rings. The summed E-state index contributed by atoms with van der Waals surface area (Å²) in [4.78, 5) is 10.8. The van der Waals surface area contributed by atoms with Crippen LogP contribution in [0.2, 0.25) is 0 Å². The van der Waals surface area contributed by atoms with Crippen molar-refractivity contribution in [2.45, 2.75) is 44.4 Å². The van der Waals surface area contributed by atoms with Crippen LogP contribution in [0.5, 0.6) is 0 Å². The standard InChI is InChI=1S/C8H13FO2/c1-6(10)8(9)5-3-2-4-7(8)11/h7,11H,2-5H2,1H3/t7-,8-/m0/s1. The summed E-state index contributed by atoms with van der Waals surface area (Å²) in [5.41, 5.74) is -1.95. The molecule has 64 valence electrons. The molecule has 0 aliphatic heterocycles. The summed E-state index contributed by atoms with van der Waals surface area (Å²) in [5, 5.41) is 9.20. The SMILES string of the molecule is CC(=O)[C@@]1(F)CCCC[C@@H]1O. The fraction of sp³-hybridized carbons (Fsp3) is 0.875. The lowest BCUT2D eigenvalue weighted by Gasteiger charge is -2.31. The third-order valence-electron chi connectivity index (χ3n) is 2.38. The van der Waals surface area contributed by atoms with Gasteiger partial charge < -0.3 is 5.11 Å². The molecule has 0 spiro atoms. The topological polar surface area (TPSA) is 37.3 Å². The summed E-state index contributed by atoms with van der Waals surface area (Å²) in [6.45, 7) is 1.20. The van der Waals surface area contributed by atoms with Crippen LogP contribution in [-0.4, -0.2) is 22.7 Å². The smallest absolute Gasteiger partial charge is 0.193 e. The van der Waals surface area contributed by atoms with Crippen molar-refractivity contribution in [1.82, 2.24) is 0 Å². The number of carbonyl (C=O) groups excluding carboxylic acids is 1. The second-order valence-corrected chi connectivity index (χ2v) is 3.18. The van der Waals surface area contributed by atoms with Crippen molar-refractivity contribution in [2.75, 3.05) is 0 Å². The fourth-order valence-electron chi connectivity index (χ4n) is 1.53. The summed E-state index contributed by atoms with van der Waals surface area (Å²) in [7, 11) is 0. The molecule has 2 nitrogen and oxygen atoms in total. The molecule has 1 N–H and O–H groups in total. The first kappa shape index (κ1) is 8.65. The van der Waals surface area contributed by atoms with Gasteiger partial charge >= 0.3 is 0 Å². The van der Waals surface area contributed by atoms with E-state index in [2.05, 4.69) is 0 Å². The van der Waals surface area contributed by atoms with Gasteiger partial charge in [-0.1, -0.05) is 6.42 Å². The summed E-state index contributed by atoms with van der Waals surface area (Å²) < 4.78 is 13.5. The number of hydrogen-bond donors (Lipinski definition) is 1. The number of alkyl halides is 1. The maximum absolute atomic E-state index is 13.5. The molecule has 0 radical (unpaired) electrons. The molecule has 1 aliphatic rings. The number of hydrogen-bond acceptors (Lipinski definition) is 2. The molecule has 1 saturated carbocycles. The Morgan fingerprint density at radius 2 is 2.27 bits per heavy atom. The predicted molar refractivity (Wildman–Crippen MR) is 39.0 cm³/mol. The van der Waals surface area contributed by atoms with E-state index < -0.39 is 17.6 Å². The van der Waals surface area contributed by atoms with E-state index >= 15 is 0 Å². The number of carbonyl (C=O) groups is 1. The van der Waals surface area contributed by atoms with E-state index in [1.165, 1.54) is 6.92 Å². The van der Waals surface area contributed by atoms with E-state index in [-0.39, 0.29) is 6.42 Å². The van der Waals surface area contributed by atoms with Gasteiger partial charge in [-0.15, -0.1) is 0 Å². The van der Waals surface area contributed by atoms with E-state index in [4.69, 9.17) is 0 Å². The van der Waals surface area contributed by atoms with Gasteiger partial charge in [0.25, 0.3) is 0 Å². The molecule has 0 aromatic heterocycles. The molecule has 1 aliphatic carbocycles. The molecular formula is C8H13FO2. The first-order valence-electron chi connectivity index (χ1n) is 3.95. The van der Waals surface area contributed by atoms with Crippen LogP contribution in [0.3, 0.4) is 0 Å². The van der Waals surface area contributed by atoms with Gasteiger partial charge in [-0.2, -0.15) is 0 Å². The quantitative estimate of drug-likeness (QED) is 0.626. The molecule has 0 saturated heterocycles. The molecule has 2 atom stereocenters. The Hall–Kier alpha value is -0.440. The largest absolute Gasteiger partial charge is 0.389 e. The van der Waals surface area contributed by atoms with Crippen LogP contribution < -0.4 is 0 Å². The van der Waals surface area contributed by atoms with Gasteiger partial charge in [0.2, 0.25) is 0 Å². The van der Waals surface area contributed by atoms with Crippen molar-refractivity contribution in [3.8, 4) is 0 Å². The highest BCUT2D eigenvalue weighted by molar-refractivity contribution is 5.85. The molecule has 3 heteroatoms. The Balaban J connectivity index is 2.72. The molecule has 1 rings (SSSR count). The Morgan fingerprint density at radius 3 is 2.64 bits per heavy atom. The molecule has 1 fully saturated rings. The summed E-state index contributed by atoms with van der Waals surface area (Å²) in [6.07, 6.45) is 1.04. The van der Waals surface area contributed by atoms with Gasteiger partial charge in [0.05, 0.1) is 6.10 Å². The maximum Gasteiger partial charge on any atom is 0.193 e. The average molecular weight is 160 g/mol. The molecule has 0 heterocycles. The van der Waals surface area contributed by atoms with Gasteiger partial charge in [0.15, 0.2) is 11.5 Å². The van der Waals surface area contributed by atoms with Crippen molar-refractivity contribution in [1.29, 1.82) is 0 Å². The van der Waals surface area contributed by atoms with Gasteiger partial charge in [0.1, 0.15) is 0 Å². The maximum atomic E-state index is 13.5. The van der Waals surface area contributed by atoms with Gasteiger partial charge in [-0.05, 0) is 26.2 Å². The van der Waals surface area contributed by atoms with E-state index in [9.17, 15) is 14.3 Å². The third-order valence-corrected chi connectivity index (χ3v) is 2.38. The number of ketones is 1. The minimum Gasteiger partial charge on any atom is -0.389 e. The van der Waals surface area contributed by atoms with Crippen LogP contribution in [-0.2, 0) is 4.79 Å². The molecule has 11 heavy (non-hydrogen) atoms. The van der Waals surface area contributed by atoms with E-state index in [1.807, 2.05) is 0 Å². The lowest BCUT2D eigenvalue weighted by Crippen LogP contribution is -2.46. The van der Waals surface area contributed by atoms with Crippen LogP contribution in [0, 0.1) is 0 Å². The summed E-state index contributed by atoms with van der Waals surface area (Å²) >= 11 is 0. The van der Waals surface area contributed by atoms with Crippen molar-refractivity contribution in [2.24, 2.45) is 0 Å². The highest BCUT2D eigenvalue weighted by Crippen LogP contribution is 2.32. The fourth-order valence-corrected chi connectivity index (χ4v) is 1.53. The van der Waals surface area contributed by atoms with Crippen molar-refractivity contribution in [3.05, 3.63) is 0 Å². The Kier molecular flexibility index (Phi) is 2.28. The Bertz CT molecular complexity index is 169. The Labute approximate surface area is 65.4 Å². The summed E-state index contributed by atoms with van der Waals surface area (Å²) in [5.74, 6) is -0.537. The summed E-state index contributed by atoms with van der Waals surface area (Å²) in [6, 6.07) is 0. The second-order valence-electron chi connectivity index (χ2n) is 3.18. The van der Waals surface area contributed by atoms with Crippen LogP contribution in [0.4, 0.5) is 4.39 Å². The van der Waals surface area contributed by atoms with Gasteiger partial charge in [-0.25, -0.2) is 4.39 Å². The monoisotopic (exact) mass is 160 g/mol. The minimum atomic E-state index is -1.95. The first-order chi connectivity index (χ1) is 5.07. The van der Waals surface area contributed by atoms with Crippen molar-refractivity contribution < 1.29 is 14.3 Å². The minimum absolute atomic E-state index is 0.184. The second kappa shape index (κ2) is 2.89. The van der Waals surface area contributed by atoms with Crippen LogP contribution in [0.15, 0.2) is 0 Å². The zero-order chi connectivity index (χ0) is 8.48. The first-order valence-corrected chi connectivity index (χ1v) is 3.95. The highest BCUT2D eigenvalue weighted by atomic mass is 19.1.